The van der Waals surface area contributed by atoms with Gasteiger partial charge in [-0.25, -0.2) is 0 Å². The van der Waals surface area contributed by atoms with Gasteiger partial charge in [-0.3, -0.25) is 0 Å². The second kappa shape index (κ2) is 5.50. The molecule has 1 N–H and O–H groups in total. The van der Waals surface area contributed by atoms with Crippen LogP contribution < -0.4 is 5.32 Å². The maximum Gasteiger partial charge on any atom is 0.0111 e. The monoisotopic (exact) mass is 254 g/mol. The minimum absolute atomic E-state index is 0.818. The van der Waals surface area contributed by atoms with Crippen LogP contribution in [0.25, 0.3) is 0 Å². The van der Waals surface area contributed by atoms with Gasteiger partial charge in [-0.15, -0.1) is 0 Å². The minimum atomic E-state index is 0.818. The normalized spacial score (nSPS) is 39.7. The second-order valence-electron chi connectivity index (χ2n) is 6.18. The Labute approximate surface area is 110 Å². The summed E-state index contributed by atoms with van der Waals surface area (Å²) >= 11 is 2.14. The SMILES string of the molecule is CN1C2CCC1CC(NCC1CCSCC1)C2. The lowest BCUT2D eigenvalue weighted by Gasteiger charge is -2.37. The Bertz CT molecular complexity index is 239. The molecule has 2 unspecified atom stereocenters. The third-order valence-corrected chi connectivity index (χ3v) is 6.18. The third-order valence-electron chi connectivity index (χ3n) is 5.13. The first kappa shape index (κ1) is 12.3. The van der Waals surface area contributed by atoms with Crippen LogP contribution >= 0.6 is 11.8 Å². The van der Waals surface area contributed by atoms with E-state index < -0.39 is 0 Å². The highest BCUT2D eigenvalue weighted by molar-refractivity contribution is 7.99. The van der Waals surface area contributed by atoms with E-state index in [2.05, 4.69) is 29.0 Å². The molecule has 0 radical (unpaired) electrons. The maximum absolute atomic E-state index is 3.88. The van der Waals surface area contributed by atoms with E-state index in [0.29, 0.717) is 0 Å². The summed E-state index contributed by atoms with van der Waals surface area (Å²) in [4.78, 5) is 2.63. The second-order valence-corrected chi connectivity index (χ2v) is 7.41. The fraction of sp³-hybridized carbons (Fsp3) is 1.00. The fourth-order valence-corrected chi connectivity index (χ4v) is 5.07. The van der Waals surface area contributed by atoms with Gasteiger partial charge in [0.05, 0.1) is 0 Å². The first-order valence-electron chi connectivity index (χ1n) is 7.36. The average molecular weight is 254 g/mol. The molecule has 0 aliphatic carbocycles. The summed E-state index contributed by atoms with van der Waals surface area (Å²) in [6, 6.07) is 2.58. The van der Waals surface area contributed by atoms with Crippen LogP contribution in [0, 0.1) is 5.92 Å². The lowest BCUT2D eigenvalue weighted by atomic mass is 9.96. The Morgan fingerprint density at radius 1 is 1.06 bits per heavy atom. The quantitative estimate of drug-likeness (QED) is 0.832. The van der Waals surface area contributed by atoms with Gasteiger partial charge in [0.1, 0.15) is 0 Å². The molecular formula is C14H26N2S. The molecule has 3 heterocycles. The highest BCUT2D eigenvalue weighted by Crippen LogP contribution is 2.34. The average Bonchev–Trinajstić information content (AvgIpc) is 2.61. The highest BCUT2D eigenvalue weighted by Gasteiger charge is 2.38. The minimum Gasteiger partial charge on any atom is -0.314 e. The van der Waals surface area contributed by atoms with Gasteiger partial charge in [0.25, 0.3) is 0 Å². The Kier molecular flexibility index (Phi) is 3.98. The van der Waals surface area contributed by atoms with Gasteiger partial charge in [0.15, 0.2) is 0 Å². The first-order valence-corrected chi connectivity index (χ1v) is 8.51. The topological polar surface area (TPSA) is 15.3 Å². The zero-order valence-corrected chi connectivity index (χ0v) is 11.8. The zero-order chi connectivity index (χ0) is 11.7. The molecule has 2 atom stereocenters. The molecule has 3 heteroatoms. The molecular weight excluding hydrogens is 228 g/mol. The number of fused-ring (bicyclic) bond motifs is 2. The van der Waals surface area contributed by atoms with Gasteiger partial charge in [-0.05, 0) is 69.5 Å². The highest BCUT2D eigenvalue weighted by atomic mass is 32.2. The van der Waals surface area contributed by atoms with E-state index in [9.17, 15) is 0 Å². The molecule has 3 aliphatic heterocycles. The Morgan fingerprint density at radius 3 is 2.35 bits per heavy atom. The van der Waals surface area contributed by atoms with Crippen LogP contribution in [-0.4, -0.2) is 48.1 Å². The molecule has 0 spiro atoms. The van der Waals surface area contributed by atoms with Crippen LogP contribution in [0.4, 0.5) is 0 Å². The van der Waals surface area contributed by atoms with Crippen molar-refractivity contribution in [3.8, 4) is 0 Å². The number of rotatable bonds is 3. The van der Waals surface area contributed by atoms with Crippen LogP contribution in [0.15, 0.2) is 0 Å². The number of thioether (sulfide) groups is 1. The van der Waals surface area contributed by atoms with Crippen molar-refractivity contribution in [1.29, 1.82) is 0 Å². The summed E-state index contributed by atoms with van der Waals surface area (Å²) in [5, 5.41) is 3.88. The lowest BCUT2D eigenvalue weighted by Crippen LogP contribution is -2.48. The van der Waals surface area contributed by atoms with Crippen LogP contribution in [-0.2, 0) is 0 Å². The van der Waals surface area contributed by atoms with Crippen molar-refractivity contribution in [3.63, 3.8) is 0 Å². The molecule has 17 heavy (non-hydrogen) atoms. The van der Waals surface area contributed by atoms with Gasteiger partial charge < -0.3 is 10.2 Å². The van der Waals surface area contributed by atoms with E-state index in [4.69, 9.17) is 0 Å². The van der Waals surface area contributed by atoms with Crippen LogP contribution in [0.3, 0.4) is 0 Å². The number of nitrogens with one attached hydrogen (secondary N) is 1. The van der Waals surface area contributed by atoms with E-state index in [1.807, 2.05) is 0 Å². The molecule has 3 aliphatic rings. The lowest BCUT2D eigenvalue weighted by molar-refractivity contribution is 0.146. The van der Waals surface area contributed by atoms with Crippen molar-refractivity contribution in [1.82, 2.24) is 10.2 Å². The van der Waals surface area contributed by atoms with E-state index in [-0.39, 0.29) is 0 Å². The fourth-order valence-electron chi connectivity index (χ4n) is 3.86. The maximum atomic E-state index is 3.88. The number of hydrogen-bond acceptors (Lipinski definition) is 3. The third kappa shape index (κ3) is 2.82. The summed E-state index contributed by atoms with van der Waals surface area (Å²) in [5.74, 6) is 3.75. The standard InChI is InChI=1S/C14H26N2S/c1-16-13-2-3-14(16)9-12(8-13)15-10-11-4-6-17-7-5-11/h11-15H,2-10H2,1H3. The summed E-state index contributed by atoms with van der Waals surface area (Å²) in [6.45, 7) is 1.29. The summed E-state index contributed by atoms with van der Waals surface area (Å²) < 4.78 is 0. The molecule has 3 fully saturated rings. The number of hydrogen-bond donors (Lipinski definition) is 1. The molecule has 98 valence electrons. The molecule has 0 saturated carbocycles. The molecule has 0 amide bonds. The van der Waals surface area contributed by atoms with Crippen LogP contribution in [0.5, 0.6) is 0 Å². The van der Waals surface area contributed by atoms with Gasteiger partial charge >= 0.3 is 0 Å². The summed E-state index contributed by atoms with van der Waals surface area (Å²) in [5.41, 5.74) is 0. The van der Waals surface area contributed by atoms with E-state index in [0.717, 1.165) is 24.0 Å². The van der Waals surface area contributed by atoms with Crippen molar-refractivity contribution in [3.05, 3.63) is 0 Å². The Balaban J connectivity index is 1.44. The van der Waals surface area contributed by atoms with E-state index in [1.165, 1.54) is 56.6 Å². The largest absolute Gasteiger partial charge is 0.314 e. The van der Waals surface area contributed by atoms with Crippen LogP contribution in [0.2, 0.25) is 0 Å². The molecule has 0 aromatic carbocycles. The van der Waals surface area contributed by atoms with Gasteiger partial charge in [0.2, 0.25) is 0 Å². The molecule has 0 aromatic rings. The van der Waals surface area contributed by atoms with Crippen molar-refractivity contribution < 1.29 is 0 Å². The van der Waals surface area contributed by atoms with Gasteiger partial charge in [-0.1, -0.05) is 0 Å². The van der Waals surface area contributed by atoms with Crippen LogP contribution in [0.1, 0.15) is 38.5 Å². The van der Waals surface area contributed by atoms with Gasteiger partial charge in [0, 0.05) is 18.1 Å². The predicted molar refractivity (Wildman–Crippen MR) is 75.6 cm³/mol. The summed E-state index contributed by atoms with van der Waals surface area (Å²) in [6.07, 6.45) is 8.57. The molecule has 2 bridgehead atoms. The van der Waals surface area contributed by atoms with E-state index >= 15 is 0 Å². The predicted octanol–water partition coefficient (Wildman–Crippen LogP) is 2.34. The summed E-state index contributed by atoms with van der Waals surface area (Å²) in [7, 11) is 2.33. The van der Waals surface area contributed by atoms with Gasteiger partial charge in [-0.2, -0.15) is 11.8 Å². The zero-order valence-electron chi connectivity index (χ0n) is 11.0. The van der Waals surface area contributed by atoms with Crippen molar-refractivity contribution in [2.45, 2.75) is 56.7 Å². The number of nitrogens with zero attached hydrogens (tertiary/aromatic N) is 1. The van der Waals surface area contributed by atoms with E-state index in [1.54, 1.807) is 0 Å². The van der Waals surface area contributed by atoms with Crippen molar-refractivity contribution >= 4 is 11.8 Å². The Morgan fingerprint density at radius 2 is 1.71 bits per heavy atom. The smallest absolute Gasteiger partial charge is 0.0111 e. The molecule has 0 aromatic heterocycles. The Hall–Kier alpha value is 0.270. The molecule has 3 rings (SSSR count). The number of piperidine rings is 1. The first-order chi connectivity index (χ1) is 8.33. The molecule has 2 nitrogen and oxygen atoms in total. The molecule has 3 saturated heterocycles. The van der Waals surface area contributed by atoms with Crippen molar-refractivity contribution in [2.75, 3.05) is 25.1 Å². The van der Waals surface area contributed by atoms with Crippen molar-refractivity contribution in [2.24, 2.45) is 5.92 Å².